The van der Waals surface area contributed by atoms with Crippen LogP contribution in [0.15, 0.2) is 24.3 Å². The number of carbonyl (C=O) groups excluding carboxylic acids is 1. The Kier molecular flexibility index (Phi) is 6.23. The summed E-state index contributed by atoms with van der Waals surface area (Å²) < 4.78 is 15.3. The maximum Gasteiger partial charge on any atom is 0.222 e. The van der Waals surface area contributed by atoms with E-state index in [9.17, 15) is 9.18 Å². The Balaban J connectivity index is 1.26. The van der Waals surface area contributed by atoms with Crippen LogP contribution in [0.25, 0.3) is 0 Å². The average Bonchev–Trinajstić information content (AvgIpc) is 3.06. The molecular weight excluding hydrogens is 369 g/mol. The number of likely N-dealkylation sites (tertiary alicyclic amines) is 1. The molecule has 1 aromatic heterocycles. The number of halogens is 1. The maximum atomic E-state index is 13.0. The third-order valence-corrected chi connectivity index (χ3v) is 6.26. The lowest BCUT2D eigenvalue weighted by Crippen LogP contribution is -2.38. The van der Waals surface area contributed by atoms with E-state index >= 15 is 0 Å². The number of fused-ring (bicyclic) bond motifs is 1. The highest BCUT2D eigenvalue weighted by atomic mass is 19.1. The first-order valence-corrected chi connectivity index (χ1v) is 10.7. The van der Waals surface area contributed by atoms with Crippen LogP contribution < -0.4 is 0 Å². The molecule has 2 aliphatic rings. The van der Waals surface area contributed by atoms with Crippen LogP contribution in [-0.2, 0) is 24.2 Å². The highest BCUT2D eigenvalue weighted by molar-refractivity contribution is 5.76. The van der Waals surface area contributed by atoms with Crippen LogP contribution in [0.4, 0.5) is 4.39 Å². The highest BCUT2D eigenvalue weighted by Gasteiger charge is 2.28. The minimum Gasteiger partial charge on any atom is -0.343 e. The van der Waals surface area contributed by atoms with Crippen LogP contribution in [0, 0.1) is 5.82 Å². The van der Waals surface area contributed by atoms with Crippen molar-refractivity contribution in [1.82, 2.24) is 24.6 Å². The van der Waals surface area contributed by atoms with Gasteiger partial charge in [0.15, 0.2) is 0 Å². The number of benzene rings is 1. The summed E-state index contributed by atoms with van der Waals surface area (Å²) in [7, 11) is 2.15. The summed E-state index contributed by atoms with van der Waals surface area (Å²) >= 11 is 0. The molecule has 0 bridgehead atoms. The highest BCUT2D eigenvalue weighted by Crippen LogP contribution is 2.28. The fourth-order valence-electron chi connectivity index (χ4n) is 4.39. The summed E-state index contributed by atoms with van der Waals surface area (Å²) in [5, 5.41) is 8.95. The van der Waals surface area contributed by atoms with Crippen LogP contribution in [0.3, 0.4) is 0 Å². The number of piperidine rings is 1. The number of hydrogen-bond acceptors (Lipinski definition) is 4. The molecule has 0 N–H and O–H groups in total. The number of nitrogens with zero attached hydrogens (tertiary/aromatic N) is 5. The summed E-state index contributed by atoms with van der Waals surface area (Å²) in [6.07, 6.45) is 5.03. The summed E-state index contributed by atoms with van der Waals surface area (Å²) in [4.78, 5) is 16.9. The molecule has 0 saturated carbocycles. The van der Waals surface area contributed by atoms with Gasteiger partial charge in [-0.2, -0.15) is 0 Å². The molecule has 6 nitrogen and oxygen atoms in total. The number of likely N-dealkylation sites (N-methyl/N-ethyl adjacent to an activating group) is 1. The summed E-state index contributed by atoms with van der Waals surface area (Å²) in [6, 6.07) is 6.55. The molecule has 3 heterocycles. The van der Waals surface area contributed by atoms with E-state index in [1.807, 2.05) is 4.90 Å². The zero-order valence-electron chi connectivity index (χ0n) is 17.2. The molecule has 4 rings (SSSR count). The monoisotopic (exact) mass is 399 g/mol. The van der Waals surface area contributed by atoms with Crippen LogP contribution in [0.2, 0.25) is 0 Å². The van der Waals surface area contributed by atoms with Gasteiger partial charge in [-0.15, -0.1) is 10.2 Å². The molecule has 29 heavy (non-hydrogen) atoms. The molecule has 156 valence electrons. The van der Waals surface area contributed by atoms with E-state index < -0.39 is 0 Å². The van der Waals surface area contributed by atoms with E-state index in [0.717, 1.165) is 82.0 Å². The van der Waals surface area contributed by atoms with Crippen molar-refractivity contribution in [2.45, 2.75) is 51.0 Å². The predicted molar refractivity (Wildman–Crippen MR) is 109 cm³/mol. The maximum absolute atomic E-state index is 13.0. The number of aromatic nitrogens is 3. The van der Waals surface area contributed by atoms with Gasteiger partial charge in [0.1, 0.15) is 17.5 Å². The Morgan fingerprint density at radius 2 is 1.83 bits per heavy atom. The average molecular weight is 400 g/mol. The molecule has 0 unspecified atom stereocenters. The first kappa shape index (κ1) is 20.0. The summed E-state index contributed by atoms with van der Waals surface area (Å²) in [5.41, 5.74) is 1.08. The van der Waals surface area contributed by atoms with Gasteiger partial charge in [0.2, 0.25) is 5.91 Å². The first-order valence-electron chi connectivity index (χ1n) is 10.7. The minimum absolute atomic E-state index is 0.218. The standard InChI is InChI=1S/C22H30FN5O/c1-26-12-11-20-24-25-22(28(20)16-15-26)18-9-13-27(14-10-18)21(29)4-2-3-17-5-7-19(23)8-6-17/h5-8,18H,2-4,9-16H2,1H3. The van der Waals surface area contributed by atoms with Crippen molar-refractivity contribution >= 4 is 5.91 Å². The topological polar surface area (TPSA) is 54.3 Å². The normalized spacial score (nSPS) is 18.5. The van der Waals surface area contributed by atoms with Crippen molar-refractivity contribution in [3.63, 3.8) is 0 Å². The van der Waals surface area contributed by atoms with Crippen molar-refractivity contribution in [2.24, 2.45) is 0 Å². The van der Waals surface area contributed by atoms with Gasteiger partial charge in [0, 0.05) is 51.5 Å². The largest absolute Gasteiger partial charge is 0.343 e. The van der Waals surface area contributed by atoms with Gasteiger partial charge >= 0.3 is 0 Å². The third kappa shape index (κ3) is 4.83. The molecule has 1 saturated heterocycles. The van der Waals surface area contributed by atoms with Gasteiger partial charge in [0.25, 0.3) is 0 Å². The Bertz CT molecular complexity index is 826. The smallest absolute Gasteiger partial charge is 0.222 e. The van der Waals surface area contributed by atoms with Crippen LogP contribution in [0.1, 0.15) is 48.8 Å². The molecule has 0 spiro atoms. The van der Waals surface area contributed by atoms with Crippen LogP contribution in [0.5, 0.6) is 0 Å². The van der Waals surface area contributed by atoms with Gasteiger partial charge in [-0.05, 0) is 50.4 Å². The molecule has 1 fully saturated rings. The van der Waals surface area contributed by atoms with Crippen molar-refractivity contribution < 1.29 is 9.18 Å². The molecule has 2 aliphatic heterocycles. The predicted octanol–water partition coefficient (Wildman–Crippen LogP) is 2.63. The van der Waals surface area contributed by atoms with Gasteiger partial charge < -0.3 is 14.4 Å². The van der Waals surface area contributed by atoms with Crippen molar-refractivity contribution in [3.05, 3.63) is 47.3 Å². The first-order chi connectivity index (χ1) is 14.1. The number of rotatable bonds is 5. The molecule has 0 radical (unpaired) electrons. The molecule has 0 atom stereocenters. The van der Waals surface area contributed by atoms with E-state index in [2.05, 4.69) is 26.7 Å². The lowest BCUT2D eigenvalue weighted by atomic mass is 9.95. The molecule has 2 aromatic rings. The van der Waals surface area contributed by atoms with Gasteiger partial charge in [-0.1, -0.05) is 12.1 Å². The number of amides is 1. The fraction of sp³-hybridized carbons (Fsp3) is 0.591. The van der Waals surface area contributed by atoms with Gasteiger partial charge in [-0.25, -0.2) is 4.39 Å². The van der Waals surface area contributed by atoms with E-state index in [-0.39, 0.29) is 11.7 Å². The number of hydrogen-bond donors (Lipinski definition) is 0. The van der Waals surface area contributed by atoms with Crippen LogP contribution >= 0.6 is 0 Å². The zero-order chi connectivity index (χ0) is 20.2. The molecule has 7 heteroatoms. The second-order valence-corrected chi connectivity index (χ2v) is 8.31. The van der Waals surface area contributed by atoms with Crippen molar-refractivity contribution in [1.29, 1.82) is 0 Å². The molecule has 0 aliphatic carbocycles. The van der Waals surface area contributed by atoms with Gasteiger partial charge in [-0.3, -0.25) is 4.79 Å². The Hall–Kier alpha value is -2.28. The summed E-state index contributed by atoms with van der Waals surface area (Å²) in [6.45, 7) is 4.60. The summed E-state index contributed by atoms with van der Waals surface area (Å²) in [5.74, 6) is 2.61. The van der Waals surface area contributed by atoms with E-state index in [4.69, 9.17) is 0 Å². The van der Waals surface area contributed by atoms with E-state index in [1.165, 1.54) is 12.1 Å². The lowest BCUT2D eigenvalue weighted by molar-refractivity contribution is -0.132. The molecular formula is C22H30FN5O. The quantitative estimate of drug-likeness (QED) is 0.776. The molecule has 1 amide bonds. The minimum atomic E-state index is -0.218. The number of carbonyl (C=O) groups is 1. The van der Waals surface area contributed by atoms with E-state index in [0.29, 0.717) is 12.3 Å². The van der Waals surface area contributed by atoms with Crippen molar-refractivity contribution in [2.75, 3.05) is 33.2 Å². The number of aryl methyl sites for hydroxylation is 1. The third-order valence-electron chi connectivity index (χ3n) is 6.26. The molecule has 1 aromatic carbocycles. The van der Waals surface area contributed by atoms with Gasteiger partial charge in [0.05, 0.1) is 0 Å². The second kappa shape index (κ2) is 9.03. The van der Waals surface area contributed by atoms with Crippen molar-refractivity contribution in [3.8, 4) is 0 Å². The van der Waals surface area contributed by atoms with Crippen LogP contribution in [-0.4, -0.2) is 63.7 Å². The Morgan fingerprint density at radius 3 is 2.59 bits per heavy atom. The zero-order valence-corrected chi connectivity index (χ0v) is 17.2. The van der Waals surface area contributed by atoms with E-state index in [1.54, 1.807) is 12.1 Å². The Morgan fingerprint density at radius 1 is 1.07 bits per heavy atom. The second-order valence-electron chi connectivity index (χ2n) is 8.31. The lowest BCUT2D eigenvalue weighted by Gasteiger charge is -2.32. The fourth-order valence-corrected chi connectivity index (χ4v) is 4.39. The SMILES string of the molecule is CN1CCc2nnc(C3CCN(C(=O)CCCc4ccc(F)cc4)CC3)n2CC1. The Labute approximate surface area is 171 Å².